The van der Waals surface area contributed by atoms with E-state index in [0.29, 0.717) is 12.2 Å². The molecule has 0 bridgehead atoms. The third-order valence-electron chi connectivity index (χ3n) is 4.06. The van der Waals surface area contributed by atoms with Crippen molar-refractivity contribution in [1.82, 2.24) is 5.32 Å². The fourth-order valence-electron chi connectivity index (χ4n) is 2.85. The molecule has 2 amide bonds. The fraction of sp³-hybridized carbons (Fsp3) is 0.300. The summed E-state index contributed by atoms with van der Waals surface area (Å²) < 4.78 is 0. The van der Waals surface area contributed by atoms with Crippen LogP contribution in [0, 0.1) is 34.6 Å². The lowest BCUT2D eigenvalue weighted by Gasteiger charge is -2.13. The standard InChI is InChI=1S/C20H24N2O2/c1-12-6-7-17(14(3)8-12)11-21-19(23)20(24)22-18-15(4)9-13(2)10-16(18)5/h6-10H,11H2,1-5H3,(H,21,23)(H,22,24). The second-order valence-corrected chi connectivity index (χ2v) is 6.34. The Morgan fingerprint density at radius 2 is 1.38 bits per heavy atom. The Morgan fingerprint density at radius 1 is 0.792 bits per heavy atom. The van der Waals surface area contributed by atoms with Crippen LogP contribution >= 0.6 is 0 Å². The van der Waals surface area contributed by atoms with Gasteiger partial charge in [-0.3, -0.25) is 9.59 Å². The minimum absolute atomic E-state index is 0.338. The fourth-order valence-corrected chi connectivity index (χ4v) is 2.85. The van der Waals surface area contributed by atoms with Crippen LogP contribution in [0.2, 0.25) is 0 Å². The molecule has 0 spiro atoms. The Morgan fingerprint density at radius 3 is 1.96 bits per heavy atom. The molecule has 0 saturated carbocycles. The van der Waals surface area contributed by atoms with Gasteiger partial charge in [-0.2, -0.15) is 0 Å². The zero-order valence-electron chi connectivity index (χ0n) is 14.9. The molecule has 2 rings (SSSR count). The Bertz CT molecular complexity index is 771. The largest absolute Gasteiger partial charge is 0.344 e. The highest BCUT2D eigenvalue weighted by atomic mass is 16.2. The van der Waals surface area contributed by atoms with E-state index in [1.807, 2.05) is 58.9 Å². The van der Waals surface area contributed by atoms with Gasteiger partial charge in [0.05, 0.1) is 0 Å². The second kappa shape index (κ2) is 7.30. The van der Waals surface area contributed by atoms with Gasteiger partial charge in [-0.1, -0.05) is 41.5 Å². The molecule has 2 aromatic rings. The lowest BCUT2D eigenvalue weighted by molar-refractivity contribution is -0.136. The van der Waals surface area contributed by atoms with Gasteiger partial charge >= 0.3 is 11.8 Å². The predicted octanol–water partition coefficient (Wildman–Crippen LogP) is 3.48. The molecule has 0 saturated heterocycles. The van der Waals surface area contributed by atoms with Crippen molar-refractivity contribution in [1.29, 1.82) is 0 Å². The monoisotopic (exact) mass is 324 g/mol. The highest BCUT2D eigenvalue weighted by Crippen LogP contribution is 2.21. The van der Waals surface area contributed by atoms with Crippen LogP contribution in [0.3, 0.4) is 0 Å². The maximum Gasteiger partial charge on any atom is 0.313 e. The molecule has 0 fully saturated rings. The van der Waals surface area contributed by atoms with E-state index in [1.165, 1.54) is 5.56 Å². The molecule has 2 N–H and O–H groups in total. The van der Waals surface area contributed by atoms with Crippen LogP contribution in [0.1, 0.15) is 33.4 Å². The Labute approximate surface area is 143 Å². The van der Waals surface area contributed by atoms with E-state index in [9.17, 15) is 9.59 Å². The molecule has 0 atom stereocenters. The first kappa shape index (κ1) is 17.7. The number of hydrogen-bond acceptors (Lipinski definition) is 2. The van der Waals surface area contributed by atoms with Crippen molar-refractivity contribution < 1.29 is 9.59 Å². The molecule has 2 aromatic carbocycles. The number of rotatable bonds is 3. The number of anilines is 1. The molecular weight excluding hydrogens is 300 g/mol. The van der Waals surface area contributed by atoms with Gasteiger partial charge in [-0.05, 0) is 56.9 Å². The minimum atomic E-state index is -0.644. The van der Waals surface area contributed by atoms with E-state index in [4.69, 9.17) is 0 Å². The van der Waals surface area contributed by atoms with E-state index in [0.717, 1.165) is 27.8 Å². The average Bonchev–Trinajstić information content (AvgIpc) is 2.49. The summed E-state index contributed by atoms with van der Waals surface area (Å²) in [7, 11) is 0. The zero-order chi connectivity index (χ0) is 17.9. The summed E-state index contributed by atoms with van der Waals surface area (Å²) in [5.74, 6) is -1.27. The summed E-state index contributed by atoms with van der Waals surface area (Å²) in [5, 5.41) is 5.39. The first-order valence-corrected chi connectivity index (χ1v) is 8.01. The Balaban J connectivity index is 2.01. The van der Waals surface area contributed by atoms with Crippen LogP contribution < -0.4 is 10.6 Å². The second-order valence-electron chi connectivity index (χ2n) is 6.34. The summed E-state index contributed by atoms with van der Waals surface area (Å²) in [5.41, 5.74) is 7.00. The summed E-state index contributed by atoms with van der Waals surface area (Å²) in [4.78, 5) is 24.2. The number of nitrogens with one attached hydrogen (secondary N) is 2. The molecule has 0 aliphatic rings. The normalized spacial score (nSPS) is 10.4. The maximum absolute atomic E-state index is 12.1. The quantitative estimate of drug-likeness (QED) is 0.849. The lowest BCUT2D eigenvalue weighted by atomic mass is 10.0. The molecule has 24 heavy (non-hydrogen) atoms. The highest BCUT2D eigenvalue weighted by molar-refractivity contribution is 6.39. The first-order chi connectivity index (χ1) is 11.3. The van der Waals surface area contributed by atoms with Crippen molar-refractivity contribution in [3.63, 3.8) is 0 Å². The molecule has 0 aliphatic heterocycles. The molecule has 0 unspecified atom stereocenters. The molecular formula is C20H24N2O2. The van der Waals surface area contributed by atoms with E-state index < -0.39 is 11.8 Å². The summed E-state index contributed by atoms with van der Waals surface area (Å²) in [6, 6.07) is 9.98. The summed E-state index contributed by atoms with van der Waals surface area (Å²) >= 11 is 0. The van der Waals surface area contributed by atoms with Crippen molar-refractivity contribution in [3.8, 4) is 0 Å². The Kier molecular flexibility index (Phi) is 5.39. The van der Waals surface area contributed by atoms with Crippen molar-refractivity contribution in [2.24, 2.45) is 0 Å². The van der Waals surface area contributed by atoms with Crippen molar-refractivity contribution in [3.05, 3.63) is 63.7 Å². The SMILES string of the molecule is Cc1ccc(CNC(=O)C(=O)Nc2c(C)cc(C)cc2C)c(C)c1. The lowest BCUT2D eigenvalue weighted by Crippen LogP contribution is -2.35. The predicted molar refractivity (Wildman–Crippen MR) is 97.0 cm³/mol. The van der Waals surface area contributed by atoms with Crippen molar-refractivity contribution in [2.45, 2.75) is 41.2 Å². The van der Waals surface area contributed by atoms with Gasteiger partial charge in [0.25, 0.3) is 0 Å². The Hall–Kier alpha value is -2.62. The summed E-state index contributed by atoms with van der Waals surface area (Å²) in [6.07, 6.45) is 0. The van der Waals surface area contributed by atoms with Gasteiger partial charge in [0.1, 0.15) is 0 Å². The smallest absolute Gasteiger partial charge is 0.313 e. The molecule has 4 heteroatoms. The zero-order valence-corrected chi connectivity index (χ0v) is 14.9. The van der Waals surface area contributed by atoms with Crippen LogP contribution in [-0.2, 0) is 16.1 Å². The van der Waals surface area contributed by atoms with E-state index in [-0.39, 0.29) is 0 Å². The van der Waals surface area contributed by atoms with Crippen LogP contribution in [0.5, 0.6) is 0 Å². The topological polar surface area (TPSA) is 58.2 Å². The van der Waals surface area contributed by atoms with Crippen LogP contribution in [-0.4, -0.2) is 11.8 Å². The number of benzene rings is 2. The van der Waals surface area contributed by atoms with Gasteiger partial charge in [-0.15, -0.1) is 0 Å². The first-order valence-electron chi connectivity index (χ1n) is 8.01. The van der Waals surface area contributed by atoms with Gasteiger partial charge in [0, 0.05) is 12.2 Å². The van der Waals surface area contributed by atoms with E-state index >= 15 is 0 Å². The molecule has 126 valence electrons. The van der Waals surface area contributed by atoms with Gasteiger partial charge < -0.3 is 10.6 Å². The molecule has 4 nitrogen and oxygen atoms in total. The maximum atomic E-state index is 12.1. The van der Waals surface area contributed by atoms with Crippen LogP contribution in [0.15, 0.2) is 30.3 Å². The molecule has 0 heterocycles. The number of carbonyl (C=O) groups is 2. The average molecular weight is 324 g/mol. The third-order valence-corrected chi connectivity index (χ3v) is 4.06. The molecule has 0 radical (unpaired) electrons. The molecule has 0 aliphatic carbocycles. The summed E-state index contributed by atoms with van der Waals surface area (Å²) in [6.45, 7) is 10.2. The highest BCUT2D eigenvalue weighted by Gasteiger charge is 2.16. The van der Waals surface area contributed by atoms with Gasteiger partial charge in [-0.25, -0.2) is 0 Å². The van der Waals surface area contributed by atoms with Gasteiger partial charge in [0.2, 0.25) is 0 Å². The van der Waals surface area contributed by atoms with E-state index in [2.05, 4.69) is 16.7 Å². The number of amides is 2. The van der Waals surface area contributed by atoms with E-state index in [1.54, 1.807) is 0 Å². The van der Waals surface area contributed by atoms with Crippen LogP contribution in [0.25, 0.3) is 0 Å². The van der Waals surface area contributed by atoms with Crippen molar-refractivity contribution in [2.75, 3.05) is 5.32 Å². The number of hydrogen-bond donors (Lipinski definition) is 2. The van der Waals surface area contributed by atoms with Crippen molar-refractivity contribution >= 4 is 17.5 Å². The molecule has 0 aromatic heterocycles. The number of aryl methyl sites for hydroxylation is 5. The van der Waals surface area contributed by atoms with Gasteiger partial charge in [0.15, 0.2) is 0 Å². The third kappa shape index (κ3) is 4.22. The minimum Gasteiger partial charge on any atom is -0.344 e. The number of carbonyl (C=O) groups excluding carboxylic acids is 2. The van der Waals surface area contributed by atoms with Crippen LogP contribution in [0.4, 0.5) is 5.69 Å².